The Hall–Kier alpha value is -0.740. The zero-order valence-electron chi connectivity index (χ0n) is 10.7. The van der Waals surface area contributed by atoms with Crippen molar-refractivity contribution in [3.05, 3.63) is 0 Å². The predicted molar refractivity (Wildman–Crippen MR) is 59.7 cm³/mol. The molecule has 0 aromatic rings. The molecule has 1 amide bonds. The van der Waals surface area contributed by atoms with Gasteiger partial charge in [0.2, 0.25) is 5.91 Å². The van der Waals surface area contributed by atoms with E-state index in [2.05, 4.69) is 13.8 Å². The fraction of sp³-hybridized carbons (Fsp3) is 0.923. The van der Waals surface area contributed by atoms with Gasteiger partial charge in [0.05, 0.1) is 5.41 Å². The Bertz CT molecular complexity index is 384. The number of alkyl halides is 3. The average Bonchev–Trinajstić information content (AvgIpc) is 3.03. The van der Waals surface area contributed by atoms with Gasteiger partial charge in [-0.25, -0.2) is 0 Å². The quantitative estimate of drug-likeness (QED) is 0.748. The molecule has 1 heterocycles. The Morgan fingerprint density at radius 1 is 1.22 bits per heavy atom. The number of hydrogen-bond acceptors (Lipinski definition) is 1. The third kappa shape index (κ3) is 1.58. The van der Waals surface area contributed by atoms with E-state index in [-0.39, 0.29) is 30.6 Å². The Balaban J connectivity index is 1.59. The van der Waals surface area contributed by atoms with Crippen LogP contribution in [0.2, 0.25) is 0 Å². The summed E-state index contributed by atoms with van der Waals surface area (Å²) >= 11 is 0. The van der Waals surface area contributed by atoms with Crippen molar-refractivity contribution in [1.82, 2.24) is 4.90 Å². The minimum Gasteiger partial charge on any atom is -0.342 e. The molecule has 3 fully saturated rings. The molecule has 0 radical (unpaired) electrons. The number of halogens is 3. The van der Waals surface area contributed by atoms with E-state index in [1.54, 1.807) is 4.90 Å². The van der Waals surface area contributed by atoms with E-state index in [9.17, 15) is 18.0 Å². The molecule has 18 heavy (non-hydrogen) atoms. The molecular weight excluding hydrogens is 243 g/mol. The zero-order chi connectivity index (χ0) is 13.3. The van der Waals surface area contributed by atoms with Crippen LogP contribution in [0.1, 0.15) is 33.1 Å². The van der Waals surface area contributed by atoms with Crippen LogP contribution in [-0.2, 0) is 4.79 Å². The Morgan fingerprint density at radius 3 is 2.11 bits per heavy atom. The number of piperidine rings is 1. The van der Waals surface area contributed by atoms with E-state index in [4.69, 9.17) is 0 Å². The second-order valence-electron chi connectivity index (χ2n) is 6.79. The summed E-state index contributed by atoms with van der Waals surface area (Å²) in [5.74, 6) is 0.706. The largest absolute Gasteiger partial charge is 0.395 e. The lowest BCUT2D eigenvalue weighted by molar-refractivity contribution is -0.192. The molecule has 0 bridgehead atoms. The Labute approximate surface area is 105 Å². The highest BCUT2D eigenvalue weighted by Gasteiger charge is 2.66. The molecule has 1 aliphatic heterocycles. The van der Waals surface area contributed by atoms with Crippen LogP contribution in [0.15, 0.2) is 0 Å². The molecule has 2 saturated carbocycles. The van der Waals surface area contributed by atoms with Crippen LogP contribution >= 0.6 is 0 Å². The molecule has 0 spiro atoms. The number of amides is 1. The fourth-order valence-corrected chi connectivity index (χ4v) is 3.45. The molecule has 2 aliphatic carbocycles. The molecule has 102 valence electrons. The van der Waals surface area contributed by atoms with Gasteiger partial charge in [0.15, 0.2) is 0 Å². The summed E-state index contributed by atoms with van der Waals surface area (Å²) in [5, 5.41) is 0. The first-order chi connectivity index (χ1) is 8.17. The summed E-state index contributed by atoms with van der Waals surface area (Å²) in [6.45, 7) is 5.65. The second-order valence-corrected chi connectivity index (χ2v) is 6.79. The number of rotatable bonds is 2. The molecule has 0 aromatic heterocycles. The molecule has 3 rings (SSSR count). The third-order valence-electron chi connectivity index (χ3n) is 5.42. The maximum absolute atomic E-state index is 12.8. The van der Waals surface area contributed by atoms with E-state index >= 15 is 0 Å². The van der Waals surface area contributed by atoms with Crippen LogP contribution in [0.4, 0.5) is 13.2 Å². The van der Waals surface area contributed by atoms with Gasteiger partial charge in [0, 0.05) is 19.5 Å². The van der Waals surface area contributed by atoms with Crippen molar-refractivity contribution >= 4 is 5.91 Å². The molecule has 0 unspecified atom stereocenters. The van der Waals surface area contributed by atoms with Crippen molar-refractivity contribution in [2.24, 2.45) is 22.7 Å². The van der Waals surface area contributed by atoms with E-state index in [1.165, 1.54) is 0 Å². The van der Waals surface area contributed by atoms with Crippen LogP contribution in [-0.4, -0.2) is 30.1 Å². The van der Waals surface area contributed by atoms with Crippen molar-refractivity contribution < 1.29 is 18.0 Å². The summed E-state index contributed by atoms with van der Waals surface area (Å²) < 4.78 is 38.3. The lowest BCUT2D eigenvalue weighted by Crippen LogP contribution is -2.37. The van der Waals surface area contributed by atoms with Gasteiger partial charge in [0.1, 0.15) is 0 Å². The van der Waals surface area contributed by atoms with Gasteiger partial charge in [-0.2, -0.15) is 13.2 Å². The van der Waals surface area contributed by atoms with E-state index in [0.29, 0.717) is 24.9 Å². The number of fused-ring (bicyclic) bond motifs is 1. The monoisotopic (exact) mass is 261 g/mol. The number of hydrogen-bond donors (Lipinski definition) is 0. The highest BCUT2D eigenvalue weighted by Crippen LogP contribution is 2.63. The summed E-state index contributed by atoms with van der Waals surface area (Å²) in [5.41, 5.74) is -1.40. The van der Waals surface area contributed by atoms with Crippen molar-refractivity contribution in [2.45, 2.75) is 39.3 Å². The van der Waals surface area contributed by atoms with E-state index < -0.39 is 11.6 Å². The molecule has 0 N–H and O–H groups in total. The van der Waals surface area contributed by atoms with E-state index in [1.807, 2.05) is 0 Å². The van der Waals surface area contributed by atoms with Crippen LogP contribution in [0.5, 0.6) is 0 Å². The first kappa shape index (κ1) is 12.3. The summed E-state index contributed by atoms with van der Waals surface area (Å²) in [6, 6.07) is 0. The summed E-state index contributed by atoms with van der Waals surface area (Å²) in [4.78, 5) is 13.6. The van der Waals surface area contributed by atoms with Gasteiger partial charge in [-0.05, 0) is 30.1 Å². The minimum absolute atomic E-state index is 0.119. The average molecular weight is 261 g/mol. The van der Waals surface area contributed by atoms with Gasteiger partial charge in [-0.3, -0.25) is 4.79 Å². The zero-order valence-corrected chi connectivity index (χ0v) is 10.7. The molecule has 1 saturated heterocycles. The molecule has 5 heteroatoms. The topological polar surface area (TPSA) is 20.3 Å². The minimum atomic E-state index is -4.22. The number of carbonyl (C=O) groups is 1. The van der Waals surface area contributed by atoms with Crippen LogP contribution in [0.25, 0.3) is 0 Å². The first-order valence-electron chi connectivity index (χ1n) is 6.52. The summed E-state index contributed by atoms with van der Waals surface area (Å²) in [6.07, 6.45) is -4.32. The van der Waals surface area contributed by atoms with Crippen LogP contribution < -0.4 is 0 Å². The van der Waals surface area contributed by atoms with Crippen molar-refractivity contribution in [1.29, 1.82) is 0 Å². The maximum Gasteiger partial charge on any atom is 0.395 e. The van der Waals surface area contributed by atoms with Crippen LogP contribution in [0.3, 0.4) is 0 Å². The van der Waals surface area contributed by atoms with Gasteiger partial charge in [-0.15, -0.1) is 0 Å². The Morgan fingerprint density at radius 2 is 1.72 bits per heavy atom. The number of nitrogens with zero attached hydrogens (tertiary/aromatic N) is 1. The predicted octanol–water partition coefficient (Wildman–Crippen LogP) is 2.83. The third-order valence-corrected chi connectivity index (χ3v) is 5.42. The van der Waals surface area contributed by atoms with E-state index in [0.717, 1.165) is 0 Å². The highest BCUT2D eigenvalue weighted by atomic mass is 19.4. The molecular formula is C13H18F3NO. The van der Waals surface area contributed by atoms with Crippen molar-refractivity contribution in [3.63, 3.8) is 0 Å². The number of likely N-dealkylation sites (tertiary alicyclic amines) is 1. The molecule has 3 aliphatic rings. The number of carbonyl (C=O) groups excluding carboxylic acids is 1. The lowest BCUT2D eigenvalue weighted by Gasteiger charge is -2.25. The lowest BCUT2D eigenvalue weighted by atomic mass is 10.00. The second kappa shape index (κ2) is 3.23. The maximum atomic E-state index is 12.8. The highest BCUT2D eigenvalue weighted by molar-refractivity contribution is 5.78. The van der Waals surface area contributed by atoms with Gasteiger partial charge >= 0.3 is 6.18 Å². The fourth-order valence-electron chi connectivity index (χ4n) is 3.45. The summed E-state index contributed by atoms with van der Waals surface area (Å²) in [7, 11) is 0. The first-order valence-corrected chi connectivity index (χ1v) is 6.52. The van der Waals surface area contributed by atoms with Gasteiger partial charge < -0.3 is 4.90 Å². The van der Waals surface area contributed by atoms with Gasteiger partial charge in [0.25, 0.3) is 0 Å². The standard InChI is InChI=1S/C13H18F3NO/c1-11(2)8-6-17(7-9(8)11)10(18)5-12(3-4-12)13(14,15)16/h8-9H,3-7H2,1-2H3/t8-,9+. The SMILES string of the molecule is CC1(C)[C@@H]2CN(C(=O)CC3(C(F)(F)F)CC3)C[C@@H]21. The Kier molecular flexibility index (Phi) is 2.20. The molecule has 0 aromatic carbocycles. The van der Waals surface area contributed by atoms with Crippen molar-refractivity contribution in [2.75, 3.05) is 13.1 Å². The molecule has 2 atom stereocenters. The van der Waals surface area contributed by atoms with Crippen LogP contribution in [0, 0.1) is 22.7 Å². The molecule has 2 nitrogen and oxygen atoms in total. The van der Waals surface area contributed by atoms with Crippen molar-refractivity contribution in [3.8, 4) is 0 Å². The van der Waals surface area contributed by atoms with Gasteiger partial charge in [-0.1, -0.05) is 13.8 Å². The normalized spacial score (nSPS) is 35.3. The smallest absolute Gasteiger partial charge is 0.342 e.